The fraction of sp³-hybridized carbons (Fsp3) is 0.222. The van der Waals surface area contributed by atoms with Crippen LogP contribution in [0, 0.1) is 11.6 Å². The Labute approximate surface area is 160 Å². The number of hydrogen-bond donors (Lipinski definition) is 0. The third-order valence-corrected chi connectivity index (χ3v) is 5.74. The van der Waals surface area contributed by atoms with Gasteiger partial charge >= 0.3 is 0 Å². The van der Waals surface area contributed by atoms with Crippen LogP contribution in [-0.2, 0) is 23.1 Å². The highest BCUT2D eigenvalue weighted by Crippen LogP contribution is 2.17. The first-order chi connectivity index (χ1) is 13.4. The summed E-state index contributed by atoms with van der Waals surface area (Å²) < 4.78 is 62.8. The smallest absolute Gasteiger partial charge is 0.264 e. The van der Waals surface area contributed by atoms with Gasteiger partial charge in [0, 0.05) is 20.0 Å². The van der Waals surface area contributed by atoms with E-state index in [1.165, 1.54) is 31.3 Å². The van der Waals surface area contributed by atoms with Crippen LogP contribution in [0.4, 0.5) is 8.78 Å². The number of sulfonamides is 1. The molecule has 0 bridgehead atoms. The molecule has 1 aromatic heterocycles. The van der Waals surface area contributed by atoms with Gasteiger partial charge in [-0.15, -0.1) is 0 Å². The first kappa shape index (κ1) is 19.9. The van der Waals surface area contributed by atoms with Gasteiger partial charge in [0.15, 0.2) is 24.0 Å². The van der Waals surface area contributed by atoms with Gasteiger partial charge in [-0.2, -0.15) is 4.98 Å². The van der Waals surface area contributed by atoms with Gasteiger partial charge in [-0.05, 0) is 36.4 Å². The number of para-hydroxylation sites is 1. The molecule has 0 aliphatic rings. The summed E-state index contributed by atoms with van der Waals surface area (Å²) in [7, 11) is -2.35. The lowest BCUT2D eigenvalue weighted by molar-refractivity contribution is 0.234. The number of ether oxygens (including phenoxy) is 1. The predicted molar refractivity (Wildman–Crippen MR) is 94.9 cm³/mol. The summed E-state index contributed by atoms with van der Waals surface area (Å²) in [6.45, 7) is -0.0233. The molecule has 0 saturated heterocycles. The van der Waals surface area contributed by atoms with E-state index in [0.717, 1.165) is 16.4 Å². The second-order valence-electron chi connectivity index (χ2n) is 5.85. The Morgan fingerprint density at radius 3 is 2.54 bits per heavy atom. The van der Waals surface area contributed by atoms with Crippen molar-refractivity contribution in [3.63, 3.8) is 0 Å². The van der Waals surface area contributed by atoms with Gasteiger partial charge in [0.25, 0.3) is 5.89 Å². The quantitative estimate of drug-likeness (QED) is 0.569. The highest BCUT2D eigenvalue weighted by molar-refractivity contribution is 7.89. The van der Waals surface area contributed by atoms with E-state index in [-0.39, 0.29) is 41.9 Å². The summed E-state index contributed by atoms with van der Waals surface area (Å²) in [5.41, 5.74) is 0. The molecule has 7 nitrogen and oxygen atoms in total. The monoisotopic (exact) mass is 409 g/mol. The molecule has 1 heterocycles. The van der Waals surface area contributed by atoms with Crippen molar-refractivity contribution in [2.45, 2.75) is 17.9 Å². The Hall–Kier alpha value is -2.85. The fourth-order valence-electron chi connectivity index (χ4n) is 2.32. The number of likely N-dealkylation sites (N-methyl/N-ethyl adjacent to an activating group) is 1. The summed E-state index contributed by atoms with van der Waals surface area (Å²) in [5.74, 6) is -0.531. The lowest BCUT2D eigenvalue weighted by Gasteiger charge is -2.16. The molecule has 0 fully saturated rings. The molecule has 0 amide bonds. The molecular weight excluding hydrogens is 392 g/mol. The maximum absolute atomic E-state index is 13.5. The van der Waals surface area contributed by atoms with E-state index in [2.05, 4.69) is 10.1 Å². The minimum atomic E-state index is -3.76. The first-order valence-corrected chi connectivity index (χ1v) is 9.71. The zero-order valence-electron chi connectivity index (χ0n) is 14.9. The van der Waals surface area contributed by atoms with E-state index in [0.29, 0.717) is 0 Å². The molecule has 0 N–H and O–H groups in total. The van der Waals surface area contributed by atoms with Crippen molar-refractivity contribution in [2.75, 3.05) is 13.6 Å². The van der Waals surface area contributed by atoms with Crippen LogP contribution in [0.1, 0.15) is 11.7 Å². The second-order valence-corrected chi connectivity index (χ2v) is 7.90. The molecule has 0 unspecified atom stereocenters. The minimum absolute atomic E-state index is 0.0107. The van der Waals surface area contributed by atoms with Crippen LogP contribution in [-0.4, -0.2) is 36.5 Å². The van der Waals surface area contributed by atoms with Crippen LogP contribution in [0.5, 0.6) is 5.75 Å². The van der Waals surface area contributed by atoms with Gasteiger partial charge in [0.1, 0.15) is 5.82 Å². The molecule has 0 aliphatic carbocycles. The van der Waals surface area contributed by atoms with E-state index in [9.17, 15) is 17.2 Å². The molecule has 3 aromatic rings. The van der Waals surface area contributed by atoms with E-state index in [1.807, 2.05) is 0 Å². The third-order valence-electron chi connectivity index (χ3n) is 3.87. The predicted octanol–water partition coefficient (Wildman–Crippen LogP) is 2.79. The Bertz CT molecular complexity index is 1040. The van der Waals surface area contributed by atoms with Gasteiger partial charge in [-0.3, -0.25) is 0 Å². The first-order valence-electron chi connectivity index (χ1n) is 8.27. The fourth-order valence-corrected chi connectivity index (χ4v) is 3.49. The molecule has 3 rings (SSSR count). The highest BCUT2D eigenvalue weighted by atomic mass is 32.2. The number of rotatable bonds is 8. The number of benzene rings is 2. The summed E-state index contributed by atoms with van der Waals surface area (Å²) in [4.78, 5) is 4.09. The zero-order valence-corrected chi connectivity index (χ0v) is 15.7. The van der Waals surface area contributed by atoms with Crippen molar-refractivity contribution in [3.8, 4) is 5.75 Å². The van der Waals surface area contributed by atoms with Crippen molar-refractivity contribution in [1.82, 2.24) is 14.4 Å². The van der Waals surface area contributed by atoms with Crippen molar-refractivity contribution >= 4 is 10.0 Å². The third kappa shape index (κ3) is 4.70. The van der Waals surface area contributed by atoms with E-state index in [1.54, 1.807) is 12.1 Å². The summed E-state index contributed by atoms with van der Waals surface area (Å²) >= 11 is 0. The Kier molecular flexibility index (Phi) is 6.00. The molecule has 28 heavy (non-hydrogen) atoms. The second kappa shape index (κ2) is 8.44. The SMILES string of the molecule is CN(CCc1noc(COc2ccccc2F)n1)S(=O)(=O)c1ccc(F)cc1. The largest absolute Gasteiger partial charge is 0.481 e. The van der Waals surface area contributed by atoms with Gasteiger partial charge in [-0.25, -0.2) is 21.5 Å². The van der Waals surface area contributed by atoms with E-state index < -0.39 is 21.7 Å². The summed E-state index contributed by atoms with van der Waals surface area (Å²) in [6.07, 6.45) is 0.195. The lowest BCUT2D eigenvalue weighted by atomic mass is 10.3. The van der Waals surface area contributed by atoms with Crippen molar-refractivity contribution in [3.05, 3.63) is 71.9 Å². The number of aromatic nitrogens is 2. The Morgan fingerprint density at radius 2 is 1.82 bits per heavy atom. The zero-order chi connectivity index (χ0) is 20.1. The van der Waals surface area contributed by atoms with Crippen LogP contribution in [0.15, 0.2) is 57.9 Å². The van der Waals surface area contributed by atoms with Crippen molar-refractivity contribution < 1.29 is 26.5 Å². The number of nitrogens with zero attached hydrogens (tertiary/aromatic N) is 3. The van der Waals surface area contributed by atoms with Crippen molar-refractivity contribution in [1.29, 1.82) is 0 Å². The molecule has 0 aliphatic heterocycles. The highest BCUT2D eigenvalue weighted by Gasteiger charge is 2.21. The van der Waals surface area contributed by atoms with Crippen molar-refractivity contribution in [2.24, 2.45) is 0 Å². The van der Waals surface area contributed by atoms with E-state index in [4.69, 9.17) is 9.26 Å². The molecule has 0 spiro atoms. The Balaban J connectivity index is 1.56. The van der Waals surface area contributed by atoms with Gasteiger partial charge in [0.2, 0.25) is 10.0 Å². The molecule has 148 valence electrons. The summed E-state index contributed by atoms with van der Waals surface area (Å²) in [5, 5.41) is 3.76. The maximum Gasteiger partial charge on any atom is 0.264 e. The molecule has 0 atom stereocenters. The normalized spacial score (nSPS) is 11.7. The van der Waals surface area contributed by atoms with Crippen LogP contribution in [0.25, 0.3) is 0 Å². The maximum atomic E-state index is 13.5. The molecule has 2 aromatic carbocycles. The average molecular weight is 409 g/mol. The topological polar surface area (TPSA) is 85.5 Å². The van der Waals surface area contributed by atoms with E-state index >= 15 is 0 Å². The van der Waals surface area contributed by atoms with Crippen LogP contribution < -0.4 is 4.74 Å². The molecule has 0 saturated carbocycles. The Morgan fingerprint density at radius 1 is 1.11 bits per heavy atom. The molecular formula is C18H17F2N3O4S. The number of hydrogen-bond acceptors (Lipinski definition) is 6. The minimum Gasteiger partial charge on any atom is -0.481 e. The van der Waals surface area contributed by atoms with Crippen LogP contribution >= 0.6 is 0 Å². The molecule has 10 heteroatoms. The van der Waals surface area contributed by atoms with Crippen LogP contribution in [0.3, 0.4) is 0 Å². The van der Waals surface area contributed by atoms with Gasteiger partial charge < -0.3 is 9.26 Å². The molecule has 0 radical (unpaired) electrons. The average Bonchev–Trinajstić information content (AvgIpc) is 3.13. The summed E-state index contributed by atoms with van der Waals surface area (Å²) in [6, 6.07) is 10.5. The lowest BCUT2D eigenvalue weighted by Crippen LogP contribution is -2.29. The van der Waals surface area contributed by atoms with Gasteiger partial charge in [-0.1, -0.05) is 17.3 Å². The van der Waals surface area contributed by atoms with Crippen LogP contribution in [0.2, 0.25) is 0 Å². The number of halogens is 2. The standard InChI is InChI=1S/C18H17F2N3O4S/c1-23(28(24,25)14-8-6-13(19)7-9-14)11-10-17-21-18(27-22-17)12-26-16-5-3-2-4-15(16)20/h2-9H,10-12H2,1H3. The van der Waals surface area contributed by atoms with Gasteiger partial charge in [0.05, 0.1) is 4.90 Å².